The number of hydrogen-bond donors (Lipinski definition) is 1. The Morgan fingerprint density at radius 1 is 1.05 bits per heavy atom. The molecule has 2 aromatic carbocycles. The highest BCUT2D eigenvalue weighted by Gasteiger charge is 2.16. The van der Waals surface area contributed by atoms with E-state index in [4.69, 9.17) is 21.1 Å². The summed E-state index contributed by atoms with van der Waals surface area (Å²) in [6.07, 6.45) is -0.275. The van der Waals surface area contributed by atoms with Crippen molar-refractivity contribution in [3.8, 4) is 11.5 Å². The summed E-state index contributed by atoms with van der Waals surface area (Å²) in [6, 6.07) is 12.8. The van der Waals surface area contributed by atoms with Gasteiger partial charge in [0, 0.05) is 17.0 Å². The number of para-hydroxylation sites is 1. The molecule has 0 fully saturated rings. The molecule has 0 saturated carbocycles. The molecule has 0 aliphatic rings. The average molecular weight is 293 g/mol. The Morgan fingerprint density at radius 3 is 2.45 bits per heavy atom. The highest BCUT2D eigenvalue weighted by molar-refractivity contribution is 6.30. The van der Waals surface area contributed by atoms with Crippen molar-refractivity contribution >= 4 is 11.6 Å². The van der Waals surface area contributed by atoms with Crippen molar-refractivity contribution in [3.05, 3.63) is 58.6 Å². The molecule has 1 unspecified atom stereocenters. The molecule has 1 N–H and O–H groups in total. The van der Waals surface area contributed by atoms with Crippen LogP contribution in [0.5, 0.6) is 11.5 Å². The lowest BCUT2D eigenvalue weighted by Gasteiger charge is -2.16. The van der Waals surface area contributed by atoms with Gasteiger partial charge in [-0.2, -0.15) is 0 Å². The predicted octanol–water partition coefficient (Wildman–Crippen LogP) is 3.63. The fourth-order valence-electron chi connectivity index (χ4n) is 2.17. The maximum Gasteiger partial charge on any atom is 0.124 e. The molecule has 3 nitrogen and oxygen atoms in total. The van der Waals surface area contributed by atoms with E-state index in [0.29, 0.717) is 22.9 Å². The summed E-state index contributed by atoms with van der Waals surface area (Å²) in [5.41, 5.74) is 1.61. The average Bonchev–Trinajstić information content (AvgIpc) is 2.47. The lowest BCUT2D eigenvalue weighted by Crippen LogP contribution is -2.05. The van der Waals surface area contributed by atoms with Gasteiger partial charge in [0.25, 0.3) is 0 Å². The smallest absolute Gasteiger partial charge is 0.124 e. The Labute approximate surface area is 123 Å². The van der Waals surface area contributed by atoms with E-state index < -0.39 is 6.10 Å². The molecular formula is C16H17ClO3. The van der Waals surface area contributed by atoms with Gasteiger partial charge >= 0.3 is 0 Å². The molecule has 0 saturated heterocycles. The number of aliphatic hydroxyl groups excluding tert-OH is 1. The Bertz CT molecular complexity index is 584. The molecule has 2 rings (SSSR count). The number of aliphatic hydroxyl groups is 1. The maximum absolute atomic E-state index is 10.4. The first-order valence-electron chi connectivity index (χ1n) is 6.29. The molecule has 0 bridgehead atoms. The van der Waals surface area contributed by atoms with Crippen LogP contribution in [0.4, 0.5) is 0 Å². The molecule has 0 radical (unpaired) electrons. The first-order valence-corrected chi connectivity index (χ1v) is 6.67. The number of hydrogen-bond acceptors (Lipinski definition) is 3. The van der Waals surface area contributed by atoms with Gasteiger partial charge in [-0.1, -0.05) is 29.8 Å². The summed E-state index contributed by atoms with van der Waals surface area (Å²) in [7, 11) is 3.19. The Hall–Kier alpha value is -1.71. The summed E-state index contributed by atoms with van der Waals surface area (Å²) >= 11 is 6.00. The molecule has 20 heavy (non-hydrogen) atoms. The highest BCUT2D eigenvalue weighted by Crippen LogP contribution is 2.31. The van der Waals surface area contributed by atoms with Gasteiger partial charge in [-0.05, 0) is 29.8 Å². The van der Waals surface area contributed by atoms with Crippen molar-refractivity contribution in [2.45, 2.75) is 12.5 Å². The molecule has 106 valence electrons. The van der Waals surface area contributed by atoms with Crippen molar-refractivity contribution in [1.82, 2.24) is 0 Å². The Kier molecular flexibility index (Phi) is 4.88. The minimum atomic E-state index is -0.682. The summed E-state index contributed by atoms with van der Waals surface area (Å²) in [5, 5.41) is 11.0. The largest absolute Gasteiger partial charge is 0.496 e. The van der Waals surface area contributed by atoms with Gasteiger partial charge in [0.15, 0.2) is 0 Å². The van der Waals surface area contributed by atoms with Gasteiger partial charge in [0.2, 0.25) is 0 Å². The van der Waals surface area contributed by atoms with Gasteiger partial charge in [-0.15, -0.1) is 0 Å². The number of methoxy groups -OCH3 is 2. The van der Waals surface area contributed by atoms with E-state index in [1.165, 1.54) is 0 Å². The molecule has 0 aliphatic heterocycles. The summed E-state index contributed by atoms with van der Waals surface area (Å²) in [6.45, 7) is 0. The second-order valence-electron chi connectivity index (χ2n) is 4.42. The van der Waals surface area contributed by atoms with Gasteiger partial charge in [0.05, 0.1) is 20.3 Å². The normalized spacial score (nSPS) is 12.0. The van der Waals surface area contributed by atoms with Crippen LogP contribution in [0.2, 0.25) is 5.02 Å². The number of benzene rings is 2. The van der Waals surface area contributed by atoms with Crippen LogP contribution in [-0.4, -0.2) is 19.3 Å². The molecule has 0 spiro atoms. The standard InChI is InChI=1S/C16H17ClO3/c1-19-15-8-7-12(17)9-11(15)10-14(18)13-5-3-4-6-16(13)20-2/h3-9,14,18H,10H2,1-2H3. The van der Waals surface area contributed by atoms with E-state index >= 15 is 0 Å². The highest BCUT2D eigenvalue weighted by atomic mass is 35.5. The number of ether oxygens (including phenoxy) is 2. The molecule has 0 heterocycles. The molecule has 0 amide bonds. The van der Waals surface area contributed by atoms with Gasteiger partial charge in [0.1, 0.15) is 11.5 Å². The third-order valence-electron chi connectivity index (χ3n) is 3.15. The summed E-state index contributed by atoms with van der Waals surface area (Å²) < 4.78 is 10.6. The van der Waals surface area contributed by atoms with E-state index in [-0.39, 0.29) is 0 Å². The molecule has 1 atom stereocenters. The van der Waals surface area contributed by atoms with E-state index in [2.05, 4.69) is 0 Å². The summed E-state index contributed by atoms with van der Waals surface area (Å²) in [5.74, 6) is 1.38. The minimum absolute atomic E-state index is 0.407. The van der Waals surface area contributed by atoms with E-state index in [0.717, 1.165) is 11.1 Å². The number of halogens is 1. The molecule has 4 heteroatoms. The topological polar surface area (TPSA) is 38.7 Å². The third-order valence-corrected chi connectivity index (χ3v) is 3.39. The molecular weight excluding hydrogens is 276 g/mol. The van der Waals surface area contributed by atoms with Gasteiger partial charge in [-0.3, -0.25) is 0 Å². The lowest BCUT2D eigenvalue weighted by molar-refractivity contribution is 0.173. The SMILES string of the molecule is COc1ccc(Cl)cc1CC(O)c1ccccc1OC. The molecule has 0 aromatic heterocycles. The third kappa shape index (κ3) is 3.24. The Morgan fingerprint density at radius 2 is 1.75 bits per heavy atom. The monoisotopic (exact) mass is 292 g/mol. The van der Waals surface area contributed by atoms with Crippen LogP contribution in [0.3, 0.4) is 0 Å². The Balaban J connectivity index is 2.27. The second kappa shape index (κ2) is 6.64. The number of rotatable bonds is 5. The van der Waals surface area contributed by atoms with Crippen LogP contribution in [0.25, 0.3) is 0 Å². The van der Waals surface area contributed by atoms with Gasteiger partial charge in [-0.25, -0.2) is 0 Å². The van der Waals surface area contributed by atoms with Crippen molar-refractivity contribution in [2.75, 3.05) is 14.2 Å². The fraction of sp³-hybridized carbons (Fsp3) is 0.250. The molecule has 2 aromatic rings. The van der Waals surface area contributed by atoms with Crippen LogP contribution in [0.15, 0.2) is 42.5 Å². The first-order chi connectivity index (χ1) is 9.65. The van der Waals surface area contributed by atoms with Crippen LogP contribution in [-0.2, 0) is 6.42 Å². The van der Waals surface area contributed by atoms with Gasteiger partial charge < -0.3 is 14.6 Å². The zero-order valence-electron chi connectivity index (χ0n) is 11.5. The zero-order chi connectivity index (χ0) is 14.5. The van der Waals surface area contributed by atoms with Crippen LogP contribution in [0.1, 0.15) is 17.2 Å². The van der Waals surface area contributed by atoms with Crippen molar-refractivity contribution in [2.24, 2.45) is 0 Å². The second-order valence-corrected chi connectivity index (χ2v) is 4.85. The van der Waals surface area contributed by atoms with E-state index in [1.54, 1.807) is 32.4 Å². The van der Waals surface area contributed by atoms with E-state index in [9.17, 15) is 5.11 Å². The van der Waals surface area contributed by atoms with Crippen LogP contribution < -0.4 is 9.47 Å². The predicted molar refractivity (Wildman–Crippen MR) is 79.7 cm³/mol. The maximum atomic E-state index is 10.4. The van der Waals surface area contributed by atoms with Crippen molar-refractivity contribution in [3.63, 3.8) is 0 Å². The van der Waals surface area contributed by atoms with Crippen molar-refractivity contribution < 1.29 is 14.6 Å². The van der Waals surface area contributed by atoms with E-state index in [1.807, 2.05) is 24.3 Å². The van der Waals surface area contributed by atoms with Crippen LogP contribution >= 0.6 is 11.6 Å². The minimum Gasteiger partial charge on any atom is -0.496 e. The van der Waals surface area contributed by atoms with Crippen molar-refractivity contribution in [1.29, 1.82) is 0 Å². The lowest BCUT2D eigenvalue weighted by atomic mass is 10.00. The van der Waals surface area contributed by atoms with Crippen LogP contribution in [0, 0.1) is 0 Å². The quantitative estimate of drug-likeness (QED) is 0.914. The summed E-state index contributed by atoms with van der Waals surface area (Å²) in [4.78, 5) is 0. The molecule has 0 aliphatic carbocycles. The first kappa shape index (κ1) is 14.7. The zero-order valence-corrected chi connectivity index (χ0v) is 12.2. The fourth-order valence-corrected chi connectivity index (χ4v) is 2.36.